The Hall–Kier alpha value is -3.84. The quantitative estimate of drug-likeness (QED) is 0.205. The molecule has 0 radical (unpaired) electrons. The molecule has 1 aliphatic rings. The largest absolute Gasteiger partial charge is 0.492 e. The minimum absolute atomic E-state index is 0.0602. The predicted molar refractivity (Wildman–Crippen MR) is 162 cm³/mol. The lowest BCUT2D eigenvalue weighted by Crippen LogP contribution is -2.44. The van der Waals surface area contributed by atoms with E-state index in [2.05, 4.69) is 64.9 Å². The Kier molecular flexibility index (Phi) is 8.70. The molecule has 2 N–H and O–H groups in total. The number of aromatic nitrogens is 3. The highest BCUT2D eigenvalue weighted by molar-refractivity contribution is 5.84. The molecule has 1 saturated heterocycles. The summed E-state index contributed by atoms with van der Waals surface area (Å²) < 4.78 is 12.1. The van der Waals surface area contributed by atoms with Crippen LogP contribution >= 0.6 is 0 Å². The summed E-state index contributed by atoms with van der Waals surface area (Å²) in [7, 11) is 0. The normalized spacial score (nSPS) is 14.7. The number of ether oxygens (including phenoxy) is 2. The fourth-order valence-electron chi connectivity index (χ4n) is 5.14. The van der Waals surface area contributed by atoms with Gasteiger partial charge >= 0.3 is 0 Å². The SMILES string of the molecule is C=C(c1ccc(Oc2ccc(CC(C)(C)NCC(C)COc3cccc4[nH]ncc34)cc2)nc1)N1CCCCC1. The van der Waals surface area contributed by atoms with E-state index in [1.54, 1.807) is 0 Å². The van der Waals surface area contributed by atoms with Gasteiger partial charge in [-0.05, 0) is 75.4 Å². The van der Waals surface area contributed by atoms with Gasteiger partial charge in [-0.3, -0.25) is 5.10 Å². The molecule has 5 rings (SSSR count). The van der Waals surface area contributed by atoms with Gasteiger partial charge in [0, 0.05) is 54.6 Å². The van der Waals surface area contributed by atoms with E-state index in [4.69, 9.17) is 9.47 Å². The molecule has 0 bridgehead atoms. The zero-order chi connectivity index (χ0) is 28.0. The Bertz CT molecular complexity index is 1390. The molecule has 0 amide bonds. The lowest BCUT2D eigenvalue weighted by molar-refractivity contribution is 0.242. The second-order valence-corrected chi connectivity index (χ2v) is 11.6. The Morgan fingerprint density at radius 1 is 1.05 bits per heavy atom. The Morgan fingerprint density at radius 2 is 1.85 bits per heavy atom. The van der Waals surface area contributed by atoms with E-state index in [0.717, 1.165) is 59.7 Å². The van der Waals surface area contributed by atoms with E-state index in [9.17, 15) is 0 Å². The van der Waals surface area contributed by atoms with Crippen molar-refractivity contribution in [1.29, 1.82) is 0 Å². The van der Waals surface area contributed by atoms with E-state index >= 15 is 0 Å². The van der Waals surface area contributed by atoms with Crippen LogP contribution in [0.2, 0.25) is 0 Å². The number of H-pyrrole nitrogens is 1. The van der Waals surface area contributed by atoms with Crippen molar-refractivity contribution in [3.8, 4) is 17.4 Å². The number of nitrogens with one attached hydrogen (secondary N) is 2. The summed E-state index contributed by atoms with van der Waals surface area (Å²) in [5.41, 5.74) is 4.28. The van der Waals surface area contributed by atoms with Crippen molar-refractivity contribution in [3.05, 3.63) is 84.7 Å². The molecule has 210 valence electrons. The molecular weight excluding hydrogens is 498 g/mol. The molecule has 1 fully saturated rings. The second-order valence-electron chi connectivity index (χ2n) is 11.6. The third-order valence-electron chi connectivity index (χ3n) is 7.50. The average molecular weight is 540 g/mol. The molecule has 0 saturated carbocycles. The number of likely N-dealkylation sites (tertiary alicyclic amines) is 1. The van der Waals surface area contributed by atoms with Crippen LogP contribution in [-0.4, -0.2) is 51.9 Å². The lowest BCUT2D eigenvalue weighted by Gasteiger charge is -2.30. The smallest absolute Gasteiger partial charge is 0.219 e. The standard InChI is InChI=1S/C33H41N5O2/c1-24(23-39-31-10-8-9-30-29(31)22-36-37-30)20-35-33(3,4)19-26-11-14-28(15-12-26)40-32-16-13-27(21-34-32)25(2)38-17-6-5-7-18-38/h8-16,21-22,24,35H,2,5-7,17-20,23H2,1,3-4H3,(H,36,37). The molecule has 40 heavy (non-hydrogen) atoms. The lowest BCUT2D eigenvalue weighted by atomic mass is 9.94. The molecule has 4 aromatic rings. The van der Waals surface area contributed by atoms with Crippen molar-refractivity contribution in [2.45, 2.75) is 52.0 Å². The summed E-state index contributed by atoms with van der Waals surface area (Å²) >= 11 is 0. The van der Waals surface area contributed by atoms with E-state index in [1.807, 2.05) is 54.9 Å². The summed E-state index contributed by atoms with van der Waals surface area (Å²) in [6.45, 7) is 14.6. The van der Waals surface area contributed by atoms with Crippen molar-refractivity contribution in [3.63, 3.8) is 0 Å². The third-order valence-corrected chi connectivity index (χ3v) is 7.50. The first kappa shape index (κ1) is 27.7. The highest BCUT2D eigenvalue weighted by Crippen LogP contribution is 2.26. The van der Waals surface area contributed by atoms with Gasteiger partial charge in [-0.15, -0.1) is 0 Å². The molecule has 7 heteroatoms. The fourth-order valence-corrected chi connectivity index (χ4v) is 5.14. The Balaban J connectivity index is 1.08. The van der Waals surface area contributed by atoms with E-state index in [1.165, 1.54) is 24.8 Å². The number of aromatic amines is 1. The second kappa shape index (κ2) is 12.6. The van der Waals surface area contributed by atoms with Crippen LogP contribution in [0.1, 0.15) is 51.2 Å². The van der Waals surface area contributed by atoms with Gasteiger partial charge in [-0.25, -0.2) is 4.98 Å². The summed E-state index contributed by atoms with van der Waals surface area (Å²) in [6.07, 6.45) is 8.35. The monoisotopic (exact) mass is 539 g/mol. The number of piperidine rings is 1. The highest BCUT2D eigenvalue weighted by atomic mass is 16.5. The van der Waals surface area contributed by atoms with Crippen LogP contribution in [0.25, 0.3) is 16.6 Å². The van der Waals surface area contributed by atoms with Gasteiger partial charge < -0.3 is 19.7 Å². The first-order chi connectivity index (χ1) is 19.4. The van der Waals surface area contributed by atoms with Gasteiger partial charge in [0.15, 0.2) is 0 Å². The third kappa shape index (κ3) is 7.21. The van der Waals surface area contributed by atoms with Gasteiger partial charge in [0.05, 0.1) is 23.7 Å². The predicted octanol–water partition coefficient (Wildman–Crippen LogP) is 6.83. The maximum absolute atomic E-state index is 6.11. The summed E-state index contributed by atoms with van der Waals surface area (Å²) in [6, 6.07) is 18.2. The van der Waals surface area contributed by atoms with E-state index in [-0.39, 0.29) is 5.54 Å². The van der Waals surface area contributed by atoms with Crippen LogP contribution in [-0.2, 0) is 6.42 Å². The van der Waals surface area contributed by atoms with Crippen molar-refractivity contribution in [1.82, 2.24) is 25.4 Å². The van der Waals surface area contributed by atoms with E-state index in [0.29, 0.717) is 18.4 Å². The zero-order valence-corrected chi connectivity index (χ0v) is 24.0. The molecule has 1 aliphatic heterocycles. The van der Waals surface area contributed by atoms with Crippen molar-refractivity contribution >= 4 is 16.6 Å². The molecule has 0 spiro atoms. The topological polar surface area (TPSA) is 75.3 Å². The van der Waals surface area contributed by atoms with Crippen LogP contribution in [0, 0.1) is 5.92 Å². The Morgan fingerprint density at radius 3 is 2.60 bits per heavy atom. The summed E-state index contributed by atoms with van der Waals surface area (Å²) in [5, 5.41) is 11.8. The van der Waals surface area contributed by atoms with Gasteiger partial charge in [0.2, 0.25) is 5.88 Å². The maximum Gasteiger partial charge on any atom is 0.219 e. The van der Waals surface area contributed by atoms with Gasteiger partial charge in [-0.1, -0.05) is 31.7 Å². The van der Waals surface area contributed by atoms with Crippen molar-refractivity contribution in [2.75, 3.05) is 26.2 Å². The highest BCUT2D eigenvalue weighted by Gasteiger charge is 2.19. The fraction of sp³-hybridized carbons (Fsp3) is 0.394. The number of benzene rings is 2. The molecule has 1 unspecified atom stereocenters. The van der Waals surface area contributed by atoms with Crippen LogP contribution in [0.5, 0.6) is 17.4 Å². The van der Waals surface area contributed by atoms with Gasteiger partial charge in [-0.2, -0.15) is 5.10 Å². The molecule has 2 aromatic heterocycles. The zero-order valence-electron chi connectivity index (χ0n) is 24.0. The maximum atomic E-state index is 6.11. The molecule has 2 aromatic carbocycles. The average Bonchev–Trinajstić information content (AvgIpc) is 3.46. The molecule has 1 atom stereocenters. The Labute approximate surface area is 237 Å². The first-order valence-electron chi connectivity index (χ1n) is 14.3. The van der Waals surface area contributed by atoms with Crippen molar-refractivity contribution < 1.29 is 9.47 Å². The van der Waals surface area contributed by atoms with Gasteiger partial charge in [0.1, 0.15) is 11.5 Å². The molecule has 0 aliphatic carbocycles. The molecular formula is C33H41N5O2. The van der Waals surface area contributed by atoms with Crippen LogP contribution in [0.15, 0.2) is 73.6 Å². The number of fused-ring (bicyclic) bond motifs is 1. The minimum atomic E-state index is -0.0602. The number of pyridine rings is 1. The van der Waals surface area contributed by atoms with E-state index < -0.39 is 0 Å². The molecule has 3 heterocycles. The number of hydrogen-bond acceptors (Lipinski definition) is 6. The van der Waals surface area contributed by atoms with Gasteiger partial charge in [0.25, 0.3) is 0 Å². The van der Waals surface area contributed by atoms with Crippen molar-refractivity contribution in [2.24, 2.45) is 5.92 Å². The first-order valence-corrected chi connectivity index (χ1v) is 14.3. The number of rotatable bonds is 12. The summed E-state index contributed by atoms with van der Waals surface area (Å²) in [4.78, 5) is 6.88. The van der Waals surface area contributed by atoms with Crippen LogP contribution in [0.4, 0.5) is 0 Å². The number of nitrogens with zero attached hydrogens (tertiary/aromatic N) is 3. The number of hydrogen-bond donors (Lipinski definition) is 2. The van der Waals surface area contributed by atoms with Crippen LogP contribution < -0.4 is 14.8 Å². The minimum Gasteiger partial charge on any atom is -0.492 e. The summed E-state index contributed by atoms with van der Waals surface area (Å²) in [5.74, 6) is 2.59. The molecule has 7 nitrogen and oxygen atoms in total. The van der Waals surface area contributed by atoms with Crippen LogP contribution in [0.3, 0.4) is 0 Å².